The zero-order chi connectivity index (χ0) is 6.97. The van der Waals surface area contributed by atoms with Crippen molar-refractivity contribution in [2.24, 2.45) is 0 Å². The van der Waals surface area contributed by atoms with Crippen molar-refractivity contribution < 1.29 is 20.4 Å². The Hall–Kier alpha value is -0.918. The summed E-state index contributed by atoms with van der Waals surface area (Å²) in [5, 5.41) is 7.17. The van der Waals surface area contributed by atoms with Gasteiger partial charge in [0, 0.05) is 32.3 Å². The van der Waals surface area contributed by atoms with Gasteiger partial charge in [-0.3, -0.25) is 5.10 Å². The van der Waals surface area contributed by atoms with Gasteiger partial charge in [-0.2, -0.15) is 0 Å². The van der Waals surface area contributed by atoms with Crippen molar-refractivity contribution in [2.45, 2.75) is 0 Å². The fourth-order valence-electron chi connectivity index (χ4n) is 0.796. The molecule has 2 aromatic heterocycles. The zero-order valence-electron chi connectivity index (χ0n) is 5.50. The molecule has 0 fully saturated rings. The first-order valence-electron chi connectivity index (χ1n) is 2.83. The Morgan fingerprint density at radius 2 is 2.36 bits per heavy atom. The molecule has 0 bridgehead atoms. The average molecular weight is 319 g/mol. The summed E-state index contributed by atoms with van der Waals surface area (Å²) in [5.74, 6) is 0. The SMILES string of the molecule is Nc1cnc2[nH]n[c-]c2c1.[Re]. The summed E-state index contributed by atoms with van der Waals surface area (Å²) < 4.78 is 0. The van der Waals surface area contributed by atoms with E-state index in [1.165, 1.54) is 0 Å². The van der Waals surface area contributed by atoms with Crippen LogP contribution in [0.15, 0.2) is 12.3 Å². The van der Waals surface area contributed by atoms with Crippen molar-refractivity contribution in [1.82, 2.24) is 15.2 Å². The van der Waals surface area contributed by atoms with Crippen molar-refractivity contribution in [1.29, 1.82) is 0 Å². The van der Waals surface area contributed by atoms with Crippen molar-refractivity contribution in [3.05, 3.63) is 18.5 Å². The van der Waals surface area contributed by atoms with Gasteiger partial charge < -0.3 is 15.8 Å². The van der Waals surface area contributed by atoms with Crippen molar-refractivity contribution in [3.8, 4) is 0 Å². The van der Waals surface area contributed by atoms with Crippen LogP contribution in [0.25, 0.3) is 11.0 Å². The van der Waals surface area contributed by atoms with Gasteiger partial charge in [-0.15, -0.1) is 11.5 Å². The molecule has 0 atom stereocenters. The number of hydrogen-bond acceptors (Lipinski definition) is 3. The van der Waals surface area contributed by atoms with Gasteiger partial charge in [-0.1, -0.05) is 0 Å². The molecule has 2 heterocycles. The molecule has 4 nitrogen and oxygen atoms in total. The minimum Gasteiger partial charge on any atom is -0.407 e. The zero-order valence-corrected chi connectivity index (χ0v) is 8.22. The molecule has 0 spiro atoms. The maximum absolute atomic E-state index is 5.46. The fourth-order valence-corrected chi connectivity index (χ4v) is 0.796. The van der Waals surface area contributed by atoms with E-state index in [0.717, 1.165) is 5.39 Å². The molecule has 0 unspecified atom stereocenters. The molecular formula is C6H5N4Re-. The molecule has 2 rings (SSSR count). The van der Waals surface area contributed by atoms with E-state index in [1.807, 2.05) is 0 Å². The Morgan fingerprint density at radius 3 is 3.18 bits per heavy atom. The first kappa shape index (κ1) is 8.18. The van der Waals surface area contributed by atoms with Crippen LogP contribution in [0, 0.1) is 6.20 Å². The molecule has 0 aliphatic heterocycles. The van der Waals surface area contributed by atoms with Crippen LogP contribution in [0.4, 0.5) is 5.69 Å². The first-order chi connectivity index (χ1) is 4.86. The number of nitrogens with one attached hydrogen (secondary N) is 1. The Morgan fingerprint density at radius 1 is 1.55 bits per heavy atom. The largest absolute Gasteiger partial charge is 0.407 e. The van der Waals surface area contributed by atoms with Crippen molar-refractivity contribution in [2.75, 3.05) is 5.73 Å². The van der Waals surface area contributed by atoms with E-state index >= 15 is 0 Å². The van der Waals surface area contributed by atoms with E-state index < -0.39 is 0 Å². The van der Waals surface area contributed by atoms with E-state index in [2.05, 4.69) is 21.4 Å². The molecule has 0 saturated heterocycles. The number of nitrogens with two attached hydrogens (primary N) is 1. The van der Waals surface area contributed by atoms with Gasteiger partial charge in [-0.25, -0.2) is 0 Å². The van der Waals surface area contributed by atoms with Crippen LogP contribution in [-0.2, 0) is 20.4 Å². The Balaban J connectivity index is 0.000000605. The molecule has 57 valence electrons. The second kappa shape index (κ2) is 2.99. The summed E-state index contributed by atoms with van der Waals surface area (Å²) in [7, 11) is 0. The van der Waals surface area contributed by atoms with E-state index in [0.29, 0.717) is 11.3 Å². The fraction of sp³-hybridized carbons (Fsp3) is 0. The number of pyridine rings is 1. The molecule has 3 N–H and O–H groups in total. The monoisotopic (exact) mass is 320 g/mol. The quantitative estimate of drug-likeness (QED) is 0.688. The summed E-state index contributed by atoms with van der Waals surface area (Å²) in [6.07, 6.45) is 4.29. The van der Waals surface area contributed by atoms with Crippen LogP contribution in [-0.4, -0.2) is 15.2 Å². The van der Waals surface area contributed by atoms with Crippen LogP contribution in [0.1, 0.15) is 0 Å². The minimum atomic E-state index is 0. The summed E-state index contributed by atoms with van der Waals surface area (Å²) in [6, 6.07) is 1.77. The van der Waals surface area contributed by atoms with E-state index in [4.69, 9.17) is 5.73 Å². The molecule has 0 aromatic carbocycles. The number of aromatic nitrogens is 3. The number of anilines is 1. The maximum Gasteiger partial charge on any atom is 0.0414 e. The third-order valence-electron chi connectivity index (χ3n) is 1.25. The Kier molecular flexibility index (Phi) is 2.23. The summed E-state index contributed by atoms with van der Waals surface area (Å²) in [5.41, 5.74) is 6.81. The van der Waals surface area contributed by atoms with Crippen molar-refractivity contribution >= 4 is 16.7 Å². The number of nitrogens with zero attached hydrogens (tertiary/aromatic N) is 2. The second-order valence-electron chi connectivity index (χ2n) is 2.00. The molecule has 0 saturated carbocycles. The van der Waals surface area contributed by atoms with E-state index in [-0.39, 0.29) is 20.4 Å². The Bertz CT molecular complexity index is 356. The van der Waals surface area contributed by atoms with Crippen LogP contribution in [0.3, 0.4) is 0 Å². The number of nitrogen functional groups attached to an aromatic ring is 1. The smallest absolute Gasteiger partial charge is 0.0414 e. The molecule has 5 heteroatoms. The van der Waals surface area contributed by atoms with Gasteiger partial charge in [0.05, 0.1) is 0 Å². The van der Waals surface area contributed by atoms with Gasteiger partial charge in [0.1, 0.15) is 0 Å². The summed E-state index contributed by atoms with van der Waals surface area (Å²) in [6.45, 7) is 0. The molecule has 0 aliphatic rings. The van der Waals surface area contributed by atoms with Gasteiger partial charge in [0.25, 0.3) is 0 Å². The van der Waals surface area contributed by atoms with Crippen LogP contribution in [0.5, 0.6) is 0 Å². The second-order valence-corrected chi connectivity index (χ2v) is 2.00. The average Bonchev–Trinajstić information content (AvgIpc) is 2.33. The third-order valence-corrected chi connectivity index (χ3v) is 1.25. The molecule has 0 aliphatic carbocycles. The molecule has 1 radical (unpaired) electrons. The third kappa shape index (κ3) is 1.39. The van der Waals surface area contributed by atoms with Crippen LogP contribution in [0.2, 0.25) is 0 Å². The van der Waals surface area contributed by atoms with Crippen LogP contribution >= 0.6 is 0 Å². The number of aromatic amines is 1. The number of rotatable bonds is 0. The van der Waals surface area contributed by atoms with E-state index in [1.54, 1.807) is 12.3 Å². The molecule has 0 amide bonds. The standard InChI is InChI=1S/C6H5N4.Re/c7-5-1-4-2-9-10-6(4)8-3-5;/h1,3H,7H2,(H,8,9,10);/q-1;. The maximum atomic E-state index is 5.46. The molecule has 2 aromatic rings. The topological polar surface area (TPSA) is 67.6 Å². The van der Waals surface area contributed by atoms with Crippen molar-refractivity contribution in [3.63, 3.8) is 0 Å². The predicted octanol–water partition coefficient (Wildman–Crippen LogP) is 0.338. The van der Waals surface area contributed by atoms with Gasteiger partial charge in [0.15, 0.2) is 0 Å². The van der Waals surface area contributed by atoms with Gasteiger partial charge in [0.2, 0.25) is 0 Å². The summed E-state index contributed by atoms with van der Waals surface area (Å²) >= 11 is 0. The van der Waals surface area contributed by atoms with Gasteiger partial charge >= 0.3 is 0 Å². The van der Waals surface area contributed by atoms with E-state index in [9.17, 15) is 0 Å². The minimum absolute atomic E-state index is 0. The summed E-state index contributed by atoms with van der Waals surface area (Å²) in [4.78, 5) is 3.97. The number of hydrogen-bond donors (Lipinski definition) is 2. The predicted molar refractivity (Wildman–Crippen MR) is 37.1 cm³/mol. The molecular weight excluding hydrogens is 314 g/mol. The number of fused-ring (bicyclic) bond motifs is 1. The van der Waals surface area contributed by atoms with Gasteiger partial charge in [-0.05, 0) is 11.9 Å². The molecule has 11 heavy (non-hydrogen) atoms. The number of H-pyrrole nitrogens is 1. The van der Waals surface area contributed by atoms with Crippen LogP contribution < -0.4 is 5.73 Å². The normalized spacial score (nSPS) is 9.45. The Labute approximate surface area is 76.8 Å². The first-order valence-corrected chi connectivity index (χ1v) is 2.83.